The predicted molar refractivity (Wildman–Crippen MR) is 50.6 cm³/mol. The van der Waals surface area contributed by atoms with Crippen LogP contribution in [0.1, 0.15) is 33.6 Å². The highest BCUT2D eigenvalue weighted by Crippen LogP contribution is 2.07. The Hall–Kier alpha value is -1.32. The highest BCUT2D eigenvalue weighted by molar-refractivity contribution is 5.92. The molecule has 0 aromatic heterocycles. The van der Waals surface area contributed by atoms with Crippen LogP contribution in [0.5, 0.6) is 0 Å². The molecule has 4 nitrogen and oxygen atoms in total. The van der Waals surface area contributed by atoms with Gasteiger partial charge in [0.2, 0.25) is 11.8 Å². The number of rotatable bonds is 4. The number of nitrogens with two attached hydrogens (primary N) is 1. The first-order chi connectivity index (χ1) is 5.99. The molecule has 0 heterocycles. The molecule has 2 amide bonds. The lowest BCUT2D eigenvalue weighted by molar-refractivity contribution is -0.118. The SMILES string of the molecule is CCC/C(NC(C)=O)=C(\C)C(N)=O. The van der Waals surface area contributed by atoms with E-state index in [-0.39, 0.29) is 5.91 Å². The third-order valence-corrected chi connectivity index (χ3v) is 1.65. The molecule has 3 N–H and O–H groups in total. The smallest absolute Gasteiger partial charge is 0.246 e. The van der Waals surface area contributed by atoms with Gasteiger partial charge in [0.1, 0.15) is 0 Å². The Balaban J connectivity index is 4.65. The fourth-order valence-electron chi connectivity index (χ4n) is 0.955. The minimum absolute atomic E-state index is 0.177. The van der Waals surface area contributed by atoms with Gasteiger partial charge >= 0.3 is 0 Å². The highest BCUT2D eigenvalue weighted by atomic mass is 16.2. The zero-order valence-electron chi connectivity index (χ0n) is 8.31. The summed E-state index contributed by atoms with van der Waals surface area (Å²) in [6.07, 6.45) is 1.52. The average Bonchev–Trinajstić information content (AvgIpc) is 2.01. The van der Waals surface area contributed by atoms with Crippen LogP contribution in [-0.2, 0) is 9.59 Å². The number of primary amides is 1. The lowest BCUT2D eigenvalue weighted by Crippen LogP contribution is -2.24. The van der Waals surface area contributed by atoms with Gasteiger partial charge in [-0.2, -0.15) is 0 Å². The third-order valence-electron chi connectivity index (χ3n) is 1.65. The molecule has 4 heteroatoms. The Kier molecular flexibility index (Phi) is 4.80. The van der Waals surface area contributed by atoms with Gasteiger partial charge in [0, 0.05) is 18.2 Å². The number of allylic oxidation sites excluding steroid dienone is 1. The second kappa shape index (κ2) is 5.35. The van der Waals surface area contributed by atoms with Gasteiger partial charge in [-0.05, 0) is 13.3 Å². The summed E-state index contributed by atoms with van der Waals surface area (Å²) in [5.74, 6) is -0.666. The van der Waals surface area contributed by atoms with Gasteiger partial charge < -0.3 is 11.1 Å². The van der Waals surface area contributed by atoms with E-state index in [4.69, 9.17) is 5.73 Å². The van der Waals surface area contributed by atoms with Crippen LogP contribution in [0, 0.1) is 0 Å². The molecule has 0 aromatic rings. The lowest BCUT2D eigenvalue weighted by atomic mass is 10.1. The molecule has 0 saturated heterocycles. The number of hydrogen-bond acceptors (Lipinski definition) is 2. The van der Waals surface area contributed by atoms with Crippen molar-refractivity contribution >= 4 is 11.8 Å². The van der Waals surface area contributed by atoms with Crippen molar-refractivity contribution < 1.29 is 9.59 Å². The van der Waals surface area contributed by atoms with Crippen LogP contribution in [0.4, 0.5) is 0 Å². The van der Waals surface area contributed by atoms with Crippen LogP contribution in [-0.4, -0.2) is 11.8 Å². The van der Waals surface area contributed by atoms with Crippen LogP contribution < -0.4 is 11.1 Å². The quantitative estimate of drug-likeness (QED) is 0.631. The maximum absolute atomic E-state index is 10.8. The van der Waals surface area contributed by atoms with Crippen LogP contribution in [0.25, 0.3) is 0 Å². The van der Waals surface area contributed by atoms with Crippen molar-refractivity contribution in [2.24, 2.45) is 5.73 Å². The van der Waals surface area contributed by atoms with Gasteiger partial charge in [0.15, 0.2) is 0 Å². The van der Waals surface area contributed by atoms with Crippen LogP contribution >= 0.6 is 0 Å². The van der Waals surface area contributed by atoms with E-state index in [0.29, 0.717) is 17.7 Å². The highest BCUT2D eigenvalue weighted by Gasteiger charge is 2.07. The Morgan fingerprint density at radius 2 is 1.85 bits per heavy atom. The van der Waals surface area contributed by atoms with Crippen LogP contribution in [0.15, 0.2) is 11.3 Å². The molecule has 0 aromatic carbocycles. The molecule has 0 aliphatic carbocycles. The van der Waals surface area contributed by atoms with Crippen molar-refractivity contribution in [3.8, 4) is 0 Å². The van der Waals surface area contributed by atoms with Crippen molar-refractivity contribution in [1.82, 2.24) is 5.32 Å². The molecule has 0 atom stereocenters. The largest absolute Gasteiger partial charge is 0.366 e. The van der Waals surface area contributed by atoms with Crippen LogP contribution in [0.3, 0.4) is 0 Å². The van der Waals surface area contributed by atoms with E-state index in [1.165, 1.54) is 6.92 Å². The minimum Gasteiger partial charge on any atom is -0.366 e. The predicted octanol–water partition coefficient (Wildman–Crippen LogP) is 0.682. The van der Waals surface area contributed by atoms with Gasteiger partial charge in [0.05, 0.1) is 0 Å². The van der Waals surface area contributed by atoms with Crippen molar-refractivity contribution in [2.45, 2.75) is 33.6 Å². The van der Waals surface area contributed by atoms with Crippen molar-refractivity contribution in [1.29, 1.82) is 0 Å². The molecular formula is C9H16N2O2. The van der Waals surface area contributed by atoms with Gasteiger partial charge in [-0.15, -0.1) is 0 Å². The van der Waals surface area contributed by atoms with E-state index in [0.717, 1.165) is 6.42 Å². The van der Waals surface area contributed by atoms with Gasteiger partial charge in [-0.25, -0.2) is 0 Å². The number of carbonyl (C=O) groups is 2. The summed E-state index contributed by atoms with van der Waals surface area (Å²) in [7, 11) is 0. The second-order valence-corrected chi connectivity index (χ2v) is 2.90. The molecule has 74 valence electrons. The topological polar surface area (TPSA) is 72.2 Å². The minimum atomic E-state index is -0.489. The first-order valence-corrected chi connectivity index (χ1v) is 4.26. The summed E-state index contributed by atoms with van der Waals surface area (Å²) in [5, 5.41) is 2.60. The standard InChI is InChI=1S/C9H16N2O2/c1-4-5-8(11-7(3)12)6(2)9(10)13/h4-5H2,1-3H3,(H2,10,13)(H,11,12)/b8-6-. The normalized spacial score (nSPS) is 11.9. The summed E-state index contributed by atoms with van der Waals surface area (Å²) >= 11 is 0. The van der Waals surface area contributed by atoms with Gasteiger partial charge in [-0.3, -0.25) is 9.59 Å². The zero-order chi connectivity index (χ0) is 10.4. The molecule has 0 saturated carbocycles. The molecule has 0 spiro atoms. The van der Waals surface area contributed by atoms with E-state index < -0.39 is 5.91 Å². The van der Waals surface area contributed by atoms with E-state index in [1.54, 1.807) is 6.92 Å². The second-order valence-electron chi connectivity index (χ2n) is 2.90. The molecule has 0 aliphatic rings. The first-order valence-electron chi connectivity index (χ1n) is 4.26. The van der Waals surface area contributed by atoms with Gasteiger partial charge in [-0.1, -0.05) is 13.3 Å². The maximum Gasteiger partial charge on any atom is 0.246 e. The monoisotopic (exact) mass is 184 g/mol. The van der Waals surface area contributed by atoms with E-state index in [9.17, 15) is 9.59 Å². The van der Waals surface area contributed by atoms with Crippen molar-refractivity contribution in [3.63, 3.8) is 0 Å². The lowest BCUT2D eigenvalue weighted by Gasteiger charge is -2.09. The molecule has 0 fully saturated rings. The molecule has 0 rings (SSSR count). The fourth-order valence-corrected chi connectivity index (χ4v) is 0.955. The summed E-state index contributed by atoms with van der Waals surface area (Å²) in [4.78, 5) is 21.6. The first kappa shape index (κ1) is 11.7. The van der Waals surface area contributed by atoms with E-state index in [2.05, 4.69) is 5.32 Å². The number of amides is 2. The van der Waals surface area contributed by atoms with Crippen molar-refractivity contribution in [2.75, 3.05) is 0 Å². The average molecular weight is 184 g/mol. The number of carbonyl (C=O) groups excluding carboxylic acids is 2. The molecule has 13 heavy (non-hydrogen) atoms. The van der Waals surface area contributed by atoms with Gasteiger partial charge in [0.25, 0.3) is 0 Å². The third kappa shape index (κ3) is 4.30. The summed E-state index contributed by atoms with van der Waals surface area (Å²) in [6.45, 7) is 4.99. The van der Waals surface area contributed by atoms with Crippen molar-refractivity contribution in [3.05, 3.63) is 11.3 Å². The number of hydrogen-bond donors (Lipinski definition) is 2. The fraction of sp³-hybridized carbons (Fsp3) is 0.556. The molecule has 0 unspecified atom stereocenters. The Morgan fingerprint density at radius 3 is 2.15 bits per heavy atom. The molecule has 0 radical (unpaired) electrons. The van der Waals surface area contributed by atoms with E-state index in [1.807, 2.05) is 6.92 Å². The summed E-state index contributed by atoms with van der Waals surface area (Å²) < 4.78 is 0. The number of nitrogens with one attached hydrogen (secondary N) is 1. The molecular weight excluding hydrogens is 168 g/mol. The summed E-state index contributed by atoms with van der Waals surface area (Å²) in [5.41, 5.74) is 6.15. The maximum atomic E-state index is 10.8. The van der Waals surface area contributed by atoms with E-state index >= 15 is 0 Å². The zero-order valence-corrected chi connectivity index (χ0v) is 8.31. The van der Waals surface area contributed by atoms with Crippen LogP contribution in [0.2, 0.25) is 0 Å². The molecule has 0 aliphatic heterocycles. The Bertz CT molecular complexity index is 244. The molecule has 0 bridgehead atoms. The Morgan fingerprint density at radius 1 is 1.31 bits per heavy atom. The summed E-state index contributed by atoms with van der Waals surface area (Å²) in [6, 6.07) is 0. The Labute approximate surface area is 78.2 Å².